The molecule has 2 N–H and O–H groups in total. The van der Waals surface area contributed by atoms with Gasteiger partial charge in [0.25, 0.3) is 0 Å². The first-order valence-corrected chi connectivity index (χ1v) is 4.71. The predicted molar refractivity (Wildman–Crippen MR) is 55.6 cm³/mol. The van der Waals surface area contributed by atoms with E-state index in [4.69, 9.17) is 33.7 Å². The topological polar surface area (TPSA) is 35.2 Å². The Kier molecular flexibility index (Phi) is 3.85. The SMILES string of the molecule is CC(CN)Oc1c(Cl)cccc1Cl. The van der Waals surface area contributed by atoms with Crippen molar-refractivity contribution in [3.63, 3.8) is 0 Å². The Bertz CT molecular complexity index is 271. The predicted octanol–water partition coefficient (Wildman–Crippen LogP) is 2.72. The molecule has 0 aliphatic carbocycles. The van der Waals surface area contributed by atoms with Crippen LogP contribution >= 0.6 is 23.2 Å². The van der Waals surface area contributed by atoms with E-state index in [0.717, 1.165) is 0 Å². The van der Waals surface area contributed by atoms with E-state index in [0.29, 0.717) is 22.3 Å². The quantitative estimate of drug-likeness (QED) is 0.849. The summed E-state index contributed by atoms with van der Waals surface area (Å²) in [5.41, 5.74) is 5.41. The van der Waals surface area contributed by atoms with Crippen LogP contribution in [0.25, 0.3) is 0 Å². The lowest BCUT2D eigenvalue weighted by molar-refractivity contribution is 0.230. The van der Waals surface area contributed by atoms with Gasteiger partial charge in [0.2, 0.25) is 0 Å². The number of nitrogens with two attached hydrogens (primary N) is 1. The fraction of sp³-hybridized carbons (Fsp3) is 0.333. The van der Waals surface area contributed by atoms with Gasteiger partial charge in [0.05, 0.1) is 10.0 Å². The van der Waals surface area contributed by atoms with E-state index >= 15 is 0 Å². The van der Waals surface area contributed by atoms with E-state index in [9.17, 15) is 0 Å². The first-order chi connectivity index (χ1) is 6.15. The van der Waals surface area contributed by atoms with E-state index in [2.05, 4.69) is 0 Å². The van der Waals surface area contributed by atoms with Crippen LogP contribution in [-0.4, -0.2) is 12.6 Å². The monoisotopic (exact) mass is 219 g/mol. The smallest absolute Gasteiger partial charge is 0.156 e. The van der Waals surface area contributed by atoms with Crippen molar-refractivity contribution in [2.45, 2.75) is 13.0 Å². The Morgan fingerprint density at radius 3 is 2.38 bits per heavy atom. The molecule has 1 rings (SSSR count). The van der Waals surface area contributed by atoms with Gasteiger partial charge in [-0.15, -0.1) is 0 Å². The minimum atomic E-state index is -0.0857. The molecule has 72 valence electrons. The van der Waals surface area contributed by atoms with Crippen molar-refractivity contribution in [2.75, 3.05) is 6.54 Å². The molecule has 0 saturated heterocycles. The minimum absolute atomic E-state index is 0.0857. The molecule has 0 bridgehead atoms. The van der Waals surface area contributed by atoms with Gasteiger partial charge >= 0.3 is 0 Å². The van der Waals surface area contributed by atoms with Gasteiger partial charge in [0.1, 0.15) is 6.10 Å². The van der Waals surface area contributed by atoms with E-state index in [-0.39, 0.29) is 6.10 Å². The normalized spacial score (nSPS) is 12.6. The van der Waals surface area contributed by atoms with Crippen LogP contribution in [0, 0.1) is 0 Å². The molecule has 1 aromatic carbocycles. The highest BCUT2D eigenvalue weighted by atomic mass is 35.5. The molecular formula is C9H11Cl2NO. The van der Waals surface area contributed by atoms with Gasteiger partial charge in [-0.05, 0) is 19.1 Å². The second-order valence-corrected chi connectivity index (χ2v) is 3.53. The minimum Gasteiger partial charge on any atom is -0.486 e. The fourth-order valence-electron chi connectivity index (χ4n) is 0.844. The third kappa shape index (κ3) is 2.76. The number of halogens is 2. The van der Waals surface area contributed by atoms with E-state index in [1.54, 1.807) is 18.2 Å². The third-order valence-corrected chi connectivity index (χ3v) is 2.17. The van der Waals surface area contributed by atoms with Crippen LogP contribution < -0.4 is 10.5 Å². The molecule has 2 nitrogen and oxygen atoms in total. The van der Waals surface area contributed by atoms with Crippen LogP contribution in [0.1, 0.15) is 6.92 Å². The molecule has 1 unspecified atom stereocenters. The van der Waals surface area contributed by atoms with Gasteiger partial charge in [0.15, 0.2) is 5.75 Å². The van der Waals surface area contributed by atoms with Crippen molar-refractivity contribution in [1.29, 1.82) is 0 Å². The Labute approximate surface area is 87.6 Å². The summed E-state index contributed by atoms with van der Waals surface area (Å²) in [6.07, 6.45) is -0.0857. The molecule has 0 aliphatic rings. The summed E-state index contributed by atoms with van der Waals surface area (Å²) in [5.74, 6) is 0.504. The first kappa shape index (κ1) is 10.6. The molecule has 0 radical (unpaired) electrons. The largest absolute Gasteiger partial charge is 0.486 e. The highest BCUT2D eigenvalue weighted by Gasteiger charge is 2.09. The maximum atomic E-state index is 5.88. The molecule has 0 aliphatic heterocycles. The van der Waals surface area contributed by atoms with Gasteiger partial charge < -0.3 is 10.5 Å². The van der Waals surface area contributed by atoms with Crippen molar-refractivity contribution in [2.24, 2.45) is 5.73 Å². The molecule has 1 aromatic rings. The molecule has 4 heteroatoms. The zero-order chi connectivity index (χ0) is 9.84. The highest BCUT2D eigenvalue weighted by Crippen LogP contribution is 2.32. The number of ether oxygens (including phenoxy) is 1. The van der Waals surface area contributed by atoms with Crippen LogP contribution in [-0.2, 0) is 0 Å². The molecule has 0 aromatic heterocycles. The van der Waals surface area contributed by atoms with Crippen molar-refractivity contribution in [3.8, 4) is 5.75 Å². The zero-order valence-electron chi connectivity index (χ0n) is 7.26. The first-order valence-electron chi connectivity index (χ1n) is 3.96. The van der Waals surface area contributed by atoms with Crippen LogP contribution in [0.2, 0.25) is 10.0 Å². The Morgan fingerprint density at radius 1 is 1.38 bits per heavy atom. The number of hydrogen-bond donors (Lipinski definition) is 1. The number of para-hydroxylation sites is 1. The summed E-state index contributed by atoms with van der Waals surface area (Å²) < 4.78 is 5.44. The van der Waals surface area contributed by atoms with Gasteiger partial charge in [-0.3, -0.25) is 0 Å². The molecule has 13 heavy (non-hydrogen) atoms. The second-order valence-electron chi connectivity index (χ2n) is 2.71. The summed E-state index contributed by atoms with van der Waals surface area (Å²) in [7, 11) is 0. The summed E-state index contributed by atoms with van der Waals surface area (Å²) in [4.78, 5) is 0. The molecule has 0 fully saturated rings. The van der Waals surface area contributed by atoms with E-state index in [1.165, 1.54) is 0 Å². The van der Waals surface area contributed by atoms with Crippen LogP contribution in [0.3, 0.4) is 0 Å². The van der Waals surface area contributed by atoms with Gasteiger partial charge in [-0.2, -0.15) is 0 Å². The third-order valence-electron chi connectivity index (χ3n) is 1.57. The Morgan fingerprint density at radius 2 is 1.92 bits per heavy atom. The molecular weight excluding hydrogens is 209 g/mol. The van der Waals surface area contributed by atoms with E-state index < -0.39 is 0 Å². The number of hydrogen-bond acceptors (Lipinski definition) is 2. The maximum Gasteiger partial charge on any atom is 0.156 e. The standard InChI is InChI=1S/C9H11Cl2NO/c1-6(5-12)13-9-7(10)3-2-4-8(9)11/h2-4,6H,5,12H2,1H3. The van der Waals surface area contributed by atoms with Crippen LogP contribution in [0.15, 0.2) is 18.2 Å². The molecule has 1 atom stereocenters. The lowest BCUT2D eigenvalue weighted by Gasteiger charge is -2.14. The summed E-state index contributed by atoms with van der Waals surface area (Å²) in [6, 6.07) is 5.22. The summed E-state index contributed by atoms with van der Waals surface area (Å²) >= 11 is 11.8. The van der Waals surface area contributed by atoms with Gasteiger partial charge in [-0.1, -0.05) is 29.3 Å². The van der Waals surface area contributed by atoms with Crippen LogP contribution in [0.5, 0.6) is 5.75 Å². The van der Waals surface area contributed by atoms with Crippen molar-refractivity contribution >= 4 is 23.2 Å². The Hall–Kier alpha value is -0.440. The van der Waals surface area contributed by atoms with Crippen molar-refractivity contribution in [3.05, 3.63) is 28.2 Å². The maximum absolute atomic E-state index is 5.88. The lowest BCUT2D eigenvalue weighted by atomic mass is 10.3. The summed E-state index contributed by atoms with van der Waals surface area (Å²) in [6.45, 7) is 2.29. The highest BCUT2D eigenvalue weighted by molar-refractivity contribution is 6.37. The molecule has 0 heterocycles. The van der Waals surface area contributed by atoms with Gasteiger partial charge in [-0.25, -0.2) is 0 Å². The second kappa shape index (κ2) is 4.70. The average molecular weight is 220 g/mol. The summed E-state index contributed by atoms with van der Waals surface area (Å²) in [5, 5.41) is 1.01. The van der Waals surface area contributed by atoms with Crippen molar-refractivity contribution < 1.29 is 4.74 Å². The fourth-order valence-corrected chi connectivity index (χ4v) is 1.33. The Balaban J connectivity index is 2.87. The van der Waals surface area contributed by atoms with E-state index in [1.807, 2.05) is 6.92 Å². The number of benzene rings is 1. The van der Waals surface area contributed by atoms with Crippen molar-refractivity contribution in [1.82, 2.24) is 0 Å². The zero-order valence-corrected chi connectivity index (χ0v) is 8.77. The van der Waals surface area contributed by atoms with Gasteiger partial charge in [0, 0.05) is 6.54 Å². The molecule has 0 saturated carbocycles. The number of rotatable bonds is 3. The van der Waals surface area contributed by atoms with Crippen LogP contribution in [0.4, 0.5) is 0 Å². The molecule has 0 amide bonds. The molecule has 0 spiro atoms. The average Bonchev–Trinajstić information content (AvgIpc) is 2.11. The lowest BCUT2D eigenvalue weighted by Crippen LogP contribution is -2.23.